The zero-order valence-electron chi connectivity index (χ0n) is 14.9. The summed E-state index contributed by atoms with van der Waals surface area (Å²) in [6, 6.07) is 16.3. The van der Waals surface area contributed by atoms with Crippen molar-refractivity contribution in [3.63, 3.8) is 0 Å². The first-order valence-electron chi connectivity index (χ1n) is 8.53. The Morgan fingerprint density at radius 1 is 0.885 bits per heavy atom. The summed E-state index contributed by atoms with van der Waals surface area (Å²) < 4.78 is 0. The highest BCUT2D eigenvalue weighted by Gasteiger charge is 2.10. The number of hydrogen-bond acceptors (Lipinski definition) is 3. The SMILES string of the molecule is C=CCN(CC=C)Cc1ccc(C(=O)NCC(=O)c2ccccc2)cc1. The van der Waals surface area contributed by atoms with Gasteiger partial charge in [0.15, 0.2) is 5.78 Å². The number of ketones is 1. The van der Waals surface area contributed by atoms with Crippen molar-refractivity contribution in [3.05, 3.63) is 96.6 Å². The molecule has 0 aliphatic carbocycles. The van der Waals surface area contributed by atoms with Crippen LogP contribution in [-0.4, -0.2) is 36.2 Å². The van der Waals surface area contributed by atoms with Crippen molar-refractivity contribution in [3.8, 4) is 0 Å². The van der Waals surface area contributed by atoms with Crippen LogP contribution in [-0.2, 0) is 6.54 Å². The fraction of sp³-hybridized carbons (Fsp3) is 0.182. The van der Waals surface area contributed by atoms with Crippen molar-refractivity contribution in [2.24, 2.45) is 0 Å². The third-order valence-electron chi connectivity index (χ3n) is 3.90. The van der Waals surface area contributed by atoms with E-state index in [9.17, 15) is 9.59 Å². The first kappa shape index (κ1) is 19.3. The van der Waals surface area contributed by atoms with Gasteiger partial charge in [0, 0.05) is 30.8 Å². The Morgan fingerprint density at radius 2 is 1.50 bits per heavy atom. The largest absolute Gasteiger partial charge is 0.345 e. The second kappa shape index (κ2) is 10.1. The maximum absolute atomic E-state index is 12.2. The summed E-state index contributed by atoms with van der Waals surface area (Å²) in [5.41, 5.74) is 2.23. The summed E-state index contributed by atoms with van der Waals surface area (Å²) in [5.74, 6) is -0.366. The van der Waals surface area contributed by atoms with E-state index in [1.54, 1.807) is 36.4 Å². The van der Waals surface area contributed by atoms with Crippen LogP contribution in [0.3, 0.4) is 0 Å². The fourth-order valence-electron chi connectivity index (χ4n) is 2.58. The molecule has 2 rings (SSSR count). The molecule has 0 saturated carbocycles. The average Bonchev–Trinajstić information content (AvgIpc) is 2.67. The van der Waals surface area contributed by atoms with Crippen molar-refractivity contribution in [1.82, 2.24) is 10.2 Å². The smallest absolute Gasteiger partial charge is 0.251 e. The molecule has 0 bridgehead atoms. The van der Waals surface area contributed by atoms with Gasteiger partial charge in [0.2, 0.25) is 0 Å². The van der Waals surface area contributed by atoms with Crippen LogP contribution in [0, 0.1) is 0 Å². The third-order valence-corrected chi connectivity index (χ3v) is 3.90. The standard InChI is InChI=1S/C22H24N2O2/c1-3-14-24(15-4-2)17-18-10-12-20(13-11-18)22(26)23-16-21(25)19-8-6-5-7-9-19/h3-13H,1-2,14-17H2,(H,23,26). The molecule has 0 spiro atoms. The summed E-state index contributed by atoms with van der Waals surface area (Å²) >= 11 is 0. The van der Waals surface area contributed by atoms with E-state index in [0.717, 1.165) is 25.2 Å². The molecule has 26 heavy (non-hydrogen) atoms. The molecular weight excluding hydrogens is 324 g/mol. The lowest BCUT2D eigenvalue weighted by atomic mass is 10.1. The minimum atomic E-state index is -0.255. The van der Waals surface area contributed by atoms with Crippen LogP contribution in [0.2, 0.25) is 0 Å². The number of carbonyl (C=O) groups is 2. The lowest BCUT2D eigenvalue weighted by molar-refractivity contribution is 0.0904. The first-order chi connectivity index (χ1) is 12.6. The minimum absolute atomic E-state index is 0.0168. The van der Waals surface area contributed by atoms with Gasteiger partial charge in [-0.05, 0) is 17.7 Å². The van der Waals surface area contributed by atoms with Crippen LogP contribution in [0.25, 0.3) is 0 Å². The Bertz CT molecular complexity index is 741. The van der Waals surface area contributed by atoms with E-state index in [0.29, 0.717) is 11.1 Å². The molecule has 0 fully saturated rings. The maximum atomic E-state index is 12.2. The predicted octanol–water partition coefficient (Wildman–Crippen LogP) is 3.47. The summed E-state index contributed by atoms with van der Waals surface area (Å²) in [4.78, 5) is 26.4. The number of hydrogen-bond donors (Lipinski definition) is 1. The first-order valence-corrected chi connectivity index (χ1v) is 8.53. The molecule has 0 heterocycles. The summed E-state index contributed by atoms with van der Waals surface area (Å²) in [6.07, 6.45) is 3.71. The van der Waals surface area contributed by atoms with Crippen LogP contribution in [0.1, 0.15) is 26.3 Å². The van der Waals surface area contributed by atoms with Gasteiger partial charge in [0.05, 0.1) is 6.54 Å². The number of carbonyl (C=O) groups excluding carboxylic acids is 2. The molecule has 1 amide bonds. The van der Waals surface area contributed by atoms with Crippen molar-refractivity contribution < 1.29 is 9.59 Å². The zero-order chi connectivity index (χ0) is 18.8. The molecule has 0 aliphatic rings. The third kappa shape index (κ3) is 5.83. The molecule has 0 unspecified atom stereocenters. The Hall–Kier alpha value is -2.98. The number of nitrogens with one attached hydrogen (secondary N) is 1. The van der Waals surface area contributed by atoms with Gasteiger partial charge in [-0.15, -0.1) is 13.2 Å². The number of benzene rings is 2. The van der Waals surface area contributed by atoms with Gasteiger partial charge in [-0.1, -0.05) is 54.6 Å². The highest BCUT2D eigenvalue weighted by Crippen LogP contribution is 2.08. The molecule has 0 saturated heterocycles. The molecule has 134 valence electrons. The highest BCUT2D eigenvalue weighted by molar-refractivity contribution is 6.02. The Balaban J connectivity index is 1.90. The van der Waals surface area contributed by atoms with E-state index in [1.165, 1.54) is 0 Å². The molecule has 2 aromatic carbocycles. The van der Waals surface area contributed by atoms with Crippen molar-refractivity contribution in [2.45, 2.75) is 6.54 Å². The topological polar surface area (TPSA) is 49.4 Å². The van der Waals surface area contributed by atoms with E-state index in [2.05, 4.69) is 23.4 Å². The highest BCUT2D eigenvalue weighted by atomic mass is 16.2. The van der Waals surface area contributed by atoms with Gasteiger partial charge < -0.3 is 5.32 Å². The van der Waals surface area contributed by atoms with E-state index < -0.39 is 0 Å². The van der Waals surface area contributed by atoms with Crippen molar-refractivity contribution in [2.75, 3.05) is 19.6 Å². The van der Waals surface area contributed by atoms with Crippen LogP contribution < -0.4 is 5.32 Å². The van der Waals surface area contributed by atoms with E-state index >= 15 is 0 Å². The molecule has 0 aromatic heterocycles. The Kier molecular flexibility index (Phi) is 7.52. The second-order valence-electron chi connectivity index (χ2n) is 5.94. The normalized spacial score (nSPS) is 10.3. The van der Waals surface area contributed by atoms with Gasteiger partial charge in [-0.25, -0.2) is 0 Å². The Labute approximate surface area is 154 Å². The number of amides is 1. The molecular formula is C22H24N2O2. The Morgan fingerprint density at radius 3 is 2.08 bits per heavy atom. The van der Waals surface area contributed by atoms with E-state index in [4.69, 9.17) is 0 Å². The van der Waals surface area contributed by atoms with Gasteiger partial charge >= 0.3 is 0 Å². The number of rotatable bonds is 10. The van der Waals surface area contributed by atoms with Gasteiger partial charge in [0.1, 0.15) is 0 Å². The predicted molar refractivity (Wildman–Crippen MR) is 105 cm³/mol. The summed E-state index contributed by atoms with van der Waals surface area (Å²) in [6.45, 7) is 9.81. The van der Waals surface area contributed by atoms with Crippen LogP contribution in [0.4, 0.5) is 0 Å². The van der Waals surface area contributed by atoms with Gasteiger partial charge in [0.25, 0.3) is 5.91 Å². The number of Topliss-reactive ketones (excluding diaryl/α,β-unsaturated/α-hetero) is 1. The van der Waals surface area contributed by atoms with Crippen LogP contribution >= 0.6 is 0 Å². The van der Waals surface area contributed by atoms with E-state index in [-0.39, 0.29) is 18.2 Å². The zero-order valence-corrected chi connectivity index (χ0v) is 14.9. The maximum Gasteiger partial charge on any atom is 0.251 e. The monoisotopic (exact) mass is 348 g/mol. The van der Waals surface area contributed by atoms with Crippen LogP contribution in [0.5, 0.6) is 0 Å². The molecule has 0 radical (unpaired) electrons. The summed E-state index contributed by atoms with van der Waals surface area (Å²) in [5, 5.41) is 2.67. The van der Waals surface area contributed by atoms with Gasteiger partial charge in [-0.2, -0.15) is 0 Å². The second-order valence-corrected chi connectivity index (χ2v) is 5.94. The van der Waals surface area contributed by atoms with E-state index in [1.807, 2.05) is 30.4 Å². The number of nitrogens with zero attached hydrogens (tertiary/aromatic N) is 1. The van der Waals surface area contributed by atoms with Crippen molar-refractivity contribution in [1.29, 1.82) is 0 Å². The quantitative estimate of drug-likeness (QED) is 0.528. The molecule has 4 nitrogen and oxygen atoms in total. The van der Waals surface area contributed by atoms with Gasteiger partial charge in [-0.3, -0.25) is 14.5 Å². The van der Waals surface area contributed by atoms with Crippen LogP contribution in [0.15, 0.2) is 79.9 Å². The molecule has 2 aromatic rings. The molecule has 0 atom stereocenters. The summed E-state index contributed by atoms with van der Waals surface area (Å²) in [7, 11) is 0. The molecule has 1 N–H and O–H groups in total. The molecule has 4 heteroatoms. The minimum Gasteiger partial charge on any atom is -0.345 e. The lowest BCUT2D eigenvalue weighted by Gasteiger charge is -2.18. The molecule has 0 aliphatic heterocycles. The lowest BCUT2D eigenvalue weighted by Crippen LogP contribution is -2.29. The van der Waals surface area contributed by atoms with Crippen molar-refractivity contribution >= 4 is 11.7 Å². The average molecular weight is 348 g/mol. The fourth-order valence-corrected chi connectivity index (χ4v) is 2.58.